The van der Waals surface area contributed by atoms with Gasteiger partial charge in [-0.05, 0) is 24.6 Å². The fourth-order valence-electron chi connectivity index (χ4n) is 3.07. The van der Waals surface area contributed by atoms with Gasteiger partial charge in [-0.15, -0.1) is 22.7 Å². The van der Waals surface area contributed by atoms with Crippen LogP contribution in [0.25, 0.3) is 10.6 Å². The second-order valence-corrected chi connectivity index (χ2v) is 8.80. The summed E-state index contributed by atoms with van der Waals surface area (Å²) in [6.07, 6.45) is 2.58. The van der Waals surface area contributed by atoms with Crippen LogP contribution in [0.3, 0.4) is 0 Å². The normalized spacial score (nSPS) is 10.7. The standard InChI is InChI=1S/C23H21N3O3S2/c1-14-7-9-15(10-8-14)11-16-12-24-23(31-16)26-21(27)18-13-30-22(25-18)17-5-4-6-19(28-2)20(17)29-3/h4-10,12-13H,11H2,1-3H3,(H,24,26,27). The summed E-state index contributed by atoms with van der Waals surface area (Å²) in [5, 5.41) is 5.81. The number of amides is 1. The van der Waals surface area contributed by atoms with E-state index in [0.29, 0.717) is 27.3 Å². The Morgan fingerprint density at radius 3 is 2.65 bits per heavy atom. The van der Waals surface area contributed by atoms with Gasteiger partial charge in [0.25, 0.3) is 5.91 Å². The van der Waals surface area contributed by atoms with Gasteiger partial charge < -0.3 is 9.47 Å². The maximum atomic E-state index is 12.7. The van der Waals surface area contributed by atoms with Crippen LogP contribution in [0.5, 0.6) is 11.5 Å². The molecule has 0 unspecified atom stereocenters. The number of para-hydroxylation sites is 1. The van der Waals surface area contributed by atoms with Crippen LogP contribution in [0.4, 0.5) is 5.13 Å². The number of hydrogen-bond donors (Lipinski definition) is 1. The molecule has 4 aromatic rings. The van der Waals surface area contributed by atoms with Gasteiger partial charge >= 0.3 is 0 Å². The molecular formula is C23H21N3O3S2. The molecule has 158 valence electrons. The molecule has 1 N–H and O–H groups in total. The van der Waals surface area contributed by atoms with E-state index in [9.17, 15) is 4.79 Å². The molecule has 4 rings (SSSR count). The minimum atomic E-state index is -0.291. The van der Waals surface area contributed by atoms with Crippen molar-refractivity contribution >= 4 is 33.7 Å². The summed E-state index contributed by atoms with van der Waals surface area (Å²) in [5.74, 6) is 0.915. The Balaban J connectivity index is 1.47. The zero-order valence-corrected chi connectivity index (χ0v) is 19.0. The summed E-state index contributed by atoms with van der Waals surface area (Å²) < 4.78 is 10.8. The van der Waals surface area contributed by atoms with Crippen LogP contribution >= 0.6 is 22.7 Å². The van der Waals surface area contributed by atoms with Gasteiger partial charge in [0.1, 0.15) is 10.7 Å². The zero-order valence-electron chi connectivity index (χ0n) is 17.3. The second-order valence-electron chi connectivity index (χ2n) is 6.83. The number of hydrogen-bond acceptors (Lipinski definition) is 7. The van der Waals surface area contributed by atoms with Gasteiger partial charge in [0.05, 0.1) is 19.8 Å². The summed E-state index contributed by atoms with van der Waals surface area (Å²) in [4.78, 5) is 22.6. The van der Waals surface area contributed by atoms with E-state index in [1.165, 1.54) is 33.8 Å². The third-order valence-electron chi connectivity index (χ3n) is 4.64. The number of aromatic nitrogens is 2. The largest absolute Gasteiger partial charge is 0.493 e. The van der Waals surface area contributed by atoms with Crippen molar-refractivity contribution in [3.63, 3.8) is 0 Å². The molecule has 0 aliphatic carbocycles. The molecule has 0 aliphatic heterocycles. The van der Waals surface area contributed by atoms with Crippen molar-refractivity contribution in [2.24, 2.45) is 0 Å². The molecule has 0 radical (unpaired) electrons. The molecule has 2 heterocycles. The molecule has 0 saturated carbocycles. The SMILES string of the molecule is COc1cccc(-c2nc(C(=O)Nc3ncc(Cc4ccc(C)cc4)s3)cs2)c1OC. The molecule has 0 fully saturated rings. The lowest BCUT2D eigenvalue weighted by atomic mass is 10.1. The number of ether oxygens (including phenoxy) is 2. The van der Waals surface area contributed by atoms with E-state index in [1.54, 1.807) is 25.8 Å². The molecular weight excluding hydrogens is 430 g/mol. The molecule has 2 aromatic carbocycles. The van der Waals surface area contributed by atoms with E-state index in [-0.39, 0.29) is 5.91 Å². The van der Waals surface area contributed by atoms with E-state index in [4.69, 9.17) is 9.47 Å². The van der Waals surface area contributed by atoms with Gasteiger partial charge in [0, 0.05) is 22.9 Å². The van der Waals surface area contributed by atoms with Crippen LogP contribution in [-0.2, 0) is 6.42 Å². The molecule has 0 aliphatic rings. The minimum Gasteiger partial charge on any atom is -0.493 e. The predicted octanol–water partition coefficient (Wildman–Crippen LogP) is 5.44. The maximum Gasteiger partial charge on any atom is 0.276 e. The average molecular weight is 452 g/mol. The molecule has 8 heteroatoms. The van der Waals surface area contributed by atoms with Gasteiger partial charge in [0.2, 0.25) is 0 Å². The van der Waals surface area contributed by atoms with Gasteiger partial charge in [-0.1, -0.05) is 35.9 Å². The highest BCUT2D eigenvalue weighted by Gasteiger charge is 2.18. The van der Waals surface area contributed by atoms with Gasteiger partial charge in [0.15, 0.2) is 16.6 Å². The Labute approximate surface area is 188 Å². The van der Waals surface area contributed by atoms with Crippen molar-refractivity contribution in [3.05, 3.63) is 75.7 Å². The Morgan fingerprint density at radius 1 is 1.10 bits per heavy atom. The quantitative estimate of drug-likeness (QED) is 0.405. The van der Waals surface area contributed by atoms with Gasteiger partial charge in [-0.2, -0.15) is 0 Å². The van der Waals surface area contributed by atoms with E-state index >= 15 is 0 Å². The van der Waals surface area contributed by atoms with Crippen molar-refractivity contribution in [2.45, 2.75) is 13.3 Å². The number of anilines is 1. The molecule has 2 aromatic heterocycles. The van der Waals surface area contributed by atoms with Crippen LogP contribution in [0.1, 0.15) is 26.5 Å². The summed E-state index contributed by atoms with van der Waals surface area (Å²) >= 11 is 2.84. The smallest absolute Gasteiger partial charge is 0.276 e. The first kappa shape index (κ1) is 21.0. The van der Waals surface area contributed by atoms with Crippen LogP contribution < -0.4 is 14.8 Å². The number of methoxy groups -OCH3 is 2. The number of carbonyl (C=O) groups excluding carboxylic acids is 1. The number of thiazole rings is 2. The van der Waals surface area contributed by atoms with E-state index in [0.717, 1.165) is 16.9 Å². The summed E-state index contributed by atoms with van der Waals surface area (Å²) in [5.41, 5.74) is 3.56. The van der Waals surface area contributed by atoms with Gasteiger partial charge in [-0.3, -0.25) is 10.1 Å². The van der Waals surface area contributed by atoms with Crippen molar-refractivity contribution in [3.8, 4) is 22.1 Å². The van der Waals surface area contributed by atoms with Crippen LogP contribution in [-0.4, -0.2) is 30.1 Å². The van der Waals surface area contributed by atoms with E-state index in [2.05, 4.69) is 46.5 Å². The summed E-state index contributed by atoms with van der Waals surface area (Å²) in [6, 6.07) is 14.0. The molecule has 31 heavy (non-hydrogen) atoms. The molecule has 0 saturated heterocycles. The number of carbonyl (C=O) groups is 1. The number of nitrogens with one attached hydrogen (secondary N) is 1. The zero-order chi connectivity index (χ0) is 21.8. The maximum absolute atomic E-state index is 12.7. The average Bonchev–Trinajstić information content (AvgIpc) is 3.44. The minimum absolute atomic E-state index is 0.291. The first-order valence-corrected chi connectivity index (χ1v) is 11.3. The molecule has 1 amide bonds. The van der Waals surface area contributed by atoms with Crippen molar-refractivity contribution < 1.29 is 14.3 Å². The van der Waals surface area contributed by atoms with Crippen molar-refractivity contribution in [1.29, 1.82) is 0 Å². The predicted molar refractivity (Wildman–Crippen MR) is 125 cm³/mol. The fourth-order valence-corrected chi connectivity index (χ4v) is 4.74. The van der Waals surface area contributed by atoms with E-state index < -0.39 is 0 Å². The van der Waals surface area contributed by atoms with Crippen molar-refractivity contribution in [1.82, 2.24) is 9.97 Å². The number of nitrogens with zero attached hydrogens (tertiary/aromatic N) is 2. The Morgan fingerprint density at radius 2 is 1.90 bits per heavy atom. The molecule has 0 spiro atoms. The number of benzene rings is 2. The Bertz CT molecular complexity index is 1200. The highest BCUT2D eigenvalue weighted by Crippen LogP contribution is 2.39. The Kier molecular flexibility index (Phi) is 6.29. The van der Waals surface area contributed by atoms with Crippen LogP contribution in [0.15, 0.2) is 54.0 Å². The van der Waals surface area contributed by atoms with Crippen LogP contribution in [0, 0.1) is 6.92 Å². The first-order valence-electron chi connectivity index (χ1n) is 9.56. The lowest BCUT2D eigenvalue weighted by Gasteiger charge is -2.10. The highest BCUT2D eigenvalue weighted by molar-refractivity contribution is 7.15. The van der Waals surface area contributed by atoms with Crippen molar-refractivity contribution in [2.75, 3.05) is 19.5 Å². The topological polar surface area (TPSA) is 73.3 Å². The highest BCUT2D eigenvalue weighted by atomic mass is 32.1. The third kappa shape index (κ3) is 4.76. The molecule has 6 nitrogen and oxygen atoms in total. The monoisotopic (exact) mass is 451 g/mol. The number of rotatable bonds is 7. The molecule has 0 bridgehead atoms. The van der Waals surface area contributed by atoms with E-state index in [1.807, 2.05) is 18.2 Å². The lowest BCUT2D eigenvalue weighted by molar-refractivity contribution is 0.102. The lowest BCUT2D eigenvalue weighted by Crippen LogP contribution is -2.11. The Hall–Kier alpha value is -3.23. The second kappa shape index (κ2) is 9.28. The number of aryl methyl sites for hydroxylation is 1. The first-order chi connectivity index (χ1) is 15.1. The van der Waals surface area contributed by atoms with Crippen LogP contribution in [0.2, 0.25) is 0 Å². The van der Waals surface area contributed by atoms with Gasteiger partial charge in [-0.25, -0.2) is 9.97 Å². The summed E-state index contributed by atoms with van der Waals surface area (Å²) in [7, 11) is 3.17. The molecule has 0 atom stereocenters. The third-order valence-corrected chi connectivity index (χ3v) is 6.43. The summed E-state index contributed by atoms with van der Waals surface area (Å²) in [6.45, 7) is 2.07. The fraction of sp³-hybridized carbons (Fsp3) is 0.174.